The van der Waals surface area contributed by atoms with Gasteiger partial charge in [0.2, 0.25) is 0 Å². The molecular formula is C12H14N2+2. The molecule has 1 rings (SSSR count). The SMILES string of the molecule is C#[N+]c1c(C)c(C)c([N+]#C)c(C)c1C. The molecule has 0 saturated heterocycles. The second kappa shape index (κ2) is 3.52. The van der Waals surface area contributed by atoms with Gasteiger partial charge >= 0.3 is 11.4 Å². The zero-order chi connectivity index (χ0) is 10.9. The predicted octanol–water partition coefficient (Wildman–Crippen LogP) is 4.11. The van der Waals surface area contributed by atoms with Gasteiger partial charge in [-0.05, 0) is 37.4 Å². The van der Waals surface area contributed by atoms with Crippen molar-refractivity contribution in [2.24, 2.45) is 0 Å². The third-order valence-corrected chi connectivity index (χ3v) is 2.80. The normalized spacial score (nSPS) is 9.29. The maximum atomic E-state index is 5.34. The number of rotatable bonds is 0. The first-order valence-corrected chi connectivity index (χ1v) is 4.46. The van der Waals surface area contributed by atoms with Crippen molar-refractivity contribution in [3.8, 4) is 13.1 Å². The number of hydrogen-bond acceptors (Lipinski definition) is 0. The quantitative estimate of drug-likeness (QED) is 0.576. The van der Waals surface area contributed by atoms with Crippen molar-refractivity contribution < 1.29 is 0 Å². The lowest BCUT2D eigenvalue weighted by molar-refractivity contribution is 1.27. The average Bonchev–Trinajstić information content (AvgIpc) is 2.17. The summed E-state index contributed by atoms with van der Waals surface area (Å²) in [6.45, 7) is 18.6. The molecule has 0 aliphatic rings. The summed E-state index contributed by atoms with van der Waals surface area (Å²) in [6.07, 6.45) is 0. The highest BCUT2D eigenvalue weighted by atomic mass is 14.7. The monoisotopic (exact) mass is 186 g/mol. The Morgan fingerprint density at radius 3 is 1.00 bits per heavy atom. The van der Waals surface area contributed by atoms with Crippen LogP contribution in [0.25, 0.3) is 9.69 Å². The van der Waals surface area contributed by atoms with Crippen LogP contribution in [0.1, 0.15) is 22.3 Å². The lowest BCUT2D eigenvalue weighted by Crippen LogP contribution is -1.90. The van der Waals surface area contributed by atoms with Gasteiger partial charge in [0, 0.05) is 0 Å². The van der Waals surface area contributed by atoms with E-state index in [4.69, 9.17) is 13.1 Å². The van der Waals surface area contributed by atoms with Crippen molar-refractivity contribution in [2.75, 3.05) is 0 Å². The molecule has 2 nitrogen and oxygen atoms in total. The fourth-order valence-corrected chi connectivity index (χ4v) is 1.66. The van der Waals surface area contributed by atoms with Gasteiger partial charge in [0.1, 0.15) is 0 Å². The molecule has 0 bridgehead atoms. The van der Waals surface area contributed by atoms with E-state index >= 15 is 0 Å². The molecule has 0 fully saturated rings. The van der Waals surface area contributed by atoms with Crippen LogP contribution in [-0.2, 0) is 0 Å². The highest BCUT2D eigenvalue weighted by Gasteiger charge is 2.25. The first kappa shape index (κ1) is 10.3. The molecule has 0 saturated carbocycles. The molecule has 0 atom stereocenters. The lowest BCUT2D eigenvalue weighted by Gasteiger charge is -2.01. The van der Waals surface area contributed by atoms with Crippen LogP contribution in [0.15, 0.2) is 0 Å². The first-order valence-electron chi connectivity index (χ1n) is 4.46. The van der Waals surface area contributed by atoms with E-state index in [1.165, 1.54) is 0 Å². The number of nitrogens with zero attached hydrogens (tertiary/aromatic N) is 2. The van der Waals surface area contributed by atoms with Crippen molar-refractivity contribution in [3.63, 3.8) is 0 Å². The smallest absolute Gasteiger partial charge is 0.0384 e. The van der Waals surface area contributed by atoms with E-state index in [1.54, 1.807) is 0 Å². The van der Waals surface area contributed by atoms with Crippen molar-refractivity contribution >= 4 is 11.4 Å². The van der Waals surface area contributed by atoms with Gasteiger partial charge in [-0.25, -0.2) is 0 Å². The van der Waals surface area contributed by atoms with E-state index in [-0.39, 0.29) is 0 Å². The van der Waals surface area contributed by atoms with E-state index in [0.29, 0.717) is 0 Å². The van der Waals surface area contributed by atoms with Crippen LogP contribution < -0.4 is 0 Å². The minimum atomic E-state index is 0.840. The Morgan fingerprint density at radius 1 is 0.643 bits per heavy atom. The Bertz CT molecular complexity index is 397. The van der Waals surface area contributed by atoms with Gasteiger partial charge in [0.05, 0.1) is 22.3 Å². The summed E-state index contributed by atoms with van der Waals surface area (Å²) in [5.74, 6) is 0. The van der Waals surface area contributed by atoms with Gasteiger partial charge in [0.25, 0.3) is 13.1 Å². The molecule has 2 heteroatoms. The van der Waals surface area contributed by atoms with Gasteiger partial charge in [0.15, 0.2) is 0 Å². The van der Waals surface area contributed by atoms with Crippen LogP contribution in [0.5, 0.6) is 0 Å². The van der Waals surface area contributed by atoms with Gasteiger partial charge in [-0.15, -0.1) is 0 Å². The molecule has 0 amide bonds. The Balaban J connectivity index is 3.77. The Kier molecular flexibility index (Phi) is 2.58. The summed E-state index contributed by atoms with van der Waals surface area (Å²) < 4.78 is 0. The highest BCUT2D eigenvalue weighted by molar-refractivity contribution is 5.74. The summed E-state index contributed by atoms with van der Waals surface area (Å²) in [5.41, 5.74) is 5.85. The van der Waals surface area contributed by atoms with Gasteiger partial charge in [-0.3, -0.25) is 0 Å². The van der Waals surface area contributed by atoms with Crippen molar-refractivity contribution in [1.29, 1.82) is 0 Å². The van der Waals surface area contributed by atoms with Crippen LogP contribution in [0, 0.1) is 40.8 Å². The molecule has 0 aliphatic carbocycles. The van der Waals surface area contributed by atoms with Crippen LogP contribution in [-0.4, -0.2) is 0 Å². The van der Waals surface area contributed by atoms with Crippen molar-refractivity contribution in [2.45, 2.75) is 27.7 Å². The molecule has 0 heterocycles. The number of hydrogen-bond donors (Lipinski definition) is 0. The minimum absolute atomic E-state index is 0.840. The van der Waals surface area contributed by atoms with Crippen LogP contribution >= 0.6 is 0 Å². The van der Waals surface area contributed by atoms with Crippen molar-refractivity contribution in [3.05, 3.63) is 31.9 Å². The largest absolute Gasteiger partial charge is 0.346 e. The maximum Gasteiger partial charge on any atom is 0.346 e. The fraction of sp³-hybridized carbons (Fsp3) is 0.333. The topological polar surface area (TPSA) is 8.72 Å². The molecule has 0 radical (unpaired) electrons. The Morgan fingerprint density at radius 2 is 0.857 bits per heavy atom. The second-order valence-corrected chi connectivity index (χ2v) is 3.46. The first-order chi connectivity index (χ1) is 6.54. The molecule has 14 heavy (non-hydrogen) atoms. The van der Waals surface area contributed by atoms with E-state index < -0.39 is 0 Å². The zero-order valence-electron chi connectivity index (χ0n) is 9.05. The molecule has 0 unspecified atom stereocenters. The lowest BCUT2D eigenvalue weighted by atomic mass is 9.96. The van der Waals surface area contributed by atoms with E-state index in [1.807, 2.05) is 27.7 Å². The van der Waals surface area contributed by atoms with Crippen LogP contribution in [0.4, 0.5) is 11.4 Å². The summed E-state index contributed by atoms with van der Waals surface area (Å²) in [4.78, 5) is 7.57. The molecule has 0 aromatic heterocycles. The molecule has 0 spiro atoms. The molecule has 0 aliphatic heterocycles. The molecular weight excluding hydrogens is 172 g/mol. The van der Waals surface area contributed by atoms with Gasteiger partial charge < -0.3 is 0 Å². The summed E-state index contributed by atoms with van der Waals surface area (Å²) in [7, 11) is 0. The third-order valence-electron chi connectivity index (χ3n) is 2.80. The van der Waals surface area contributed by atoms with E-state index in [0.717, 1.165) is 33.6 Å². The summed E-state index contributed by atoms with van der Waals surface area (Å²) in [5, 5.41) is 0. The fourth-order valence-electron chi connectivity index (χ4n) is 1.66. The molecule has 1 aromatic carbocycles. The second-order valence-electron chi connectivity index (χ2n) is 3.46. The minimum Gasteiger partial charge on any atom is -0.0384 e. The molecule has 1 aromatic rings. The van der Waals surface area contributed by atoms with E-state index in [2.05, 4.69) is 9.69 Å². The summed E-state index contributed by atoms with van der Waals surface area (Å²) >= 11 is 0. The van der Waals surface area contributed by atoms with Crippen molar-refractivity contribution in [1.82, 2.24) is 0 Å². The summed E-state index contributed by atoms with van der Waals surface area (Å²) in [6, 6.07) is 0. The van der Waals surface area contributed by atoms with Gasteiger partial charge in [-0.1, -0.05) is 0 Å². The highest BCUT2D eigenvalue weighted by Crippen LogP contribution is 2.37. The third kappa shape index (κ3) is 1.26. The molecule has 0 N–H and O–H groups in total. The van der Waals surface area contributed by atoms with Gasteiger partial charge in [-0.2, -0.15) is 0 Å². The molecule has 70 valence electrons. The van der Waals surface area contributed by atoms with Crippen LogP contribution in [0.3, 0.4) is 0 Å². The Hall–Kier alpha value is -1.80. The average molecular weight is 186 g/mol. The number of benzene rings is 1. The van der Waals surface area contributed by atoms with E-state index in [9.17, 15) is 0 Å². The zero-order valence-corrected chi connectivity index (χ0v) is 9.05. The standard InChI is InChI=1S/C12H14N2/c1-7-8(2)12(14-6)10(4)9(3)11(7)13-5/h5-6H,1-4H3/q+2. The van der Waals surface area contributed by atoms with Crippen LogP contribution in [0.2, 0.25) is 0 Å². The maximum absolute atomic E-state index is 5.34. The Labute approximate surface area is 84.8 Å². The predicted molar refractivity (Wildman–Crippen MR) is 61.3 cm³/mol.